The van der Waals surface area contributed by atoms with Crippen LogP contribution in [0.4, 0.5) is 0 Å². The Morgan fingerprint density at radius 3 is 2.81 bits per heavy atom. The third kappa shape index (κ3) is 6.00. The minimum Gasteiger partial charge on any atom is -0.357 e. The van der Waals surface area contributed by atoms with Gasteiger partial charge in [-0.3, -0.25) is 4.99 Å². The van der Waals surface area contributed by atoms with Crippen LogP contribution in [0.5, 0.6) is 0 Å². The highest BCUT2D eigenvalue weighted by Crippen LogP contribution is 2.16. The third-order valence-corrected chi connectivity index (χ3v) is 4.85. The number of nitrogens with one attached hydrogen (secondary N) is 2. The number of aliphatic imine (C=N–C) groups is 1. The number of thioether (sulfide) groups is 1. The minimum absolute atomic E-state index is 0.570. The molecule has 1 aromatic rings. The summed E-state index contributed by atoms with van der Waals surface area (Å²) in [5, 5.41) is 6.93. The molecule has 0 aliphatic carbocycles. The lowest BCUT2D eigenvalue weighted by Crippen LogP contribution is -2.45. The van der Waals surface area contributed by atoms with Crippen LogP contribution in [0.25, 0.3) is 0 Å². The molecule has 0 bridgehead atoms. The maximum atomic E-state index is 4.71. The van der Waals surface area contributed by atoms with Crippen molar-refractivity contribution >= 4 is 17.7 Å². The number of nitrogens with zero attached hydrogens (tertiary/aromatic N) is 1. The maximum Gasteiger partial charge on any atom is 0.191 e. The van der Waals surface area contributed by atoms with E-state index in [0.29, 0.717) is 6.04 Å². The molecule has 1 atom stereocenters. The first kappa shape index (κ1) is 16.2. The van der Waals surface area contributed by atoms with Gasteiger partial charge in [-0.05, 0) is 44.4 Å². The largest absolute Gasteiger partial charge is 0.357 e. The molecule has 4 heteroatoms. The molecule has 0 saturated carbocycles. The van der Waals surface area contributed by atoms with E-state index in [-0.39, 0.29) is 0 Å². The number of hydrogen-bond donors (Lipinski definition) is 2. The molecule has 1 saturated heterocycles. The van der Waals surface area contributed by atoms with Gasteiger partial charge in [0.1, 0.15) is 0 Å². The molecular weight excluding hydrogens is 278 g/mol. The van der Waals surface area contributed by atoms with Crippen LogP contribution in [0.2, 0.25) is 0 Å². The standard InChI is InChI=1S/C17H27N3S/c1-3-18-17(20-16-5-4-12-21-13-16)19-11-10-15-8-6-14(2)7-9-15/h6-9,16H,3-5,10-13H2,1-2H3,(H2,18,19,20). The SMILES string of the molecule is CCNC(=NCCc1ccc(C)cc1)NC1CCCSC1. The molecule has 2 N–H and O–H groups in total. The lowest BCUT2D eigenvalue weighted by Gasteiger charge is -2.24. The molecule has 21 heavy (non-hydrogen) atoms. The molecule has 1 unspecified atom stereocenters. The summed E-state index contributed by atoms with van der Waals surface area (Å²) < 4.78 is 0. The van der Waals surface area contributed by atoms with Crippen LogP contribution < -0.4 is 10.6 Å². The average Bonchev–Trinajstić information content (AvgIpc) is 2.50. The molecule has 2 rings (SSSR count). The van der Waals surface area contributed by atoms with E-state index < -0.39 is 0 Å². The smallest absolute Gasteiger partial charge is 0.191 e. The van der Waals surface area contributed by atoms with Gasteiger partial charge < -0.3 is 10.6 Å². The van der Waals surface area contributed by atoms with Crippen LogP contribution in [0.3, 0.4) is 0 Å². The van der Waals surface area contributed by atoms with Crippen molar-refractivity contribution in [2.45, 2.75) is 39.2 Å². The van der Waals surface area contributed by atoms with Gasteiger partial charge in [0.05, 0.1) is 0 Å². The summed E-state index contributed by atoms with van der Waals surface area (Å²) in [6.45, 7) is 5.98. The Balaban J connectivity index is 1.83. The molecule has 0 aromatic heterocycles. The lowest BCUT2D eigenvalue weighted by atomic mass is 10.1. The maximum absolute atomic E-state index is 4.71. The molecule has 0 amide bonds. The van der Waals surface area contributed by atoms with Crippen molar-refractivity contribution in [3.05, 3.63) is 35.4 Å². The third-order valence-electron chi connectivity index (χ3n) is 3.64. The van der Waals surface area contributed by atoms with Gasteiger partial charge >= 0.3 is 0 Å². The van der Waals surface area contributed by atoms with Crippen molar-refractivity contribution in [3.63, 3.8) is 0 Å². The van der Waals surface area contributed by atoms with Crippen molar-refractivity contribution < 1.29 is 0 Å². The first-order valence-corrected chi connectivity index (χ1v) is 9.11. The van der Waals surface area contributed by atoms with Crippen LogP contribution in [0.1, 0.15) is 30.9 Å². The topological polar surface area (TPSA) is 36.4 Å². The van der Waals surface area contributed by atoms with Crippen LogP contribution in [-0.2, 0) is 6.42 Å². The Kier molecular flexibility index (Phi) is 6.93. The Morgan fingerprint density at radius 1 is 1.33 bits per heavy atom. The number of hydrogen-bond acceptors (Lipinski definition) is 2. The van der Waals surface area contributed by atoms with Crippen molar-refractivity contribution in [2.24, 2.45) is 4.99 Å². The van der Waals surface area contributed by atoms with Crippen LogP contribution in [0.15, 0.2) is 29.3 Å². The first-order chi connectivity index (χ1) is 10.3. The van der Waals surface area contributed by atoms with E-state index in [4.69, 9.17) is 4.99 Å². The Bertz CT molecular complexity index is 436. The quantitative estimate of drug-likeness (QED) is 0.648. The fraction of sp³-hybridized carbons (Fsp3) is 0.588. The normalized spacial score (nSPS) is 19.3. The van der Waals surface area contributed by atoms with E-state index in [1.807, 2.05) is 11.8 Å². The summed E-state index contributed by atoms with van der Waals surface area (Å²) >= 11 is 2.04. The highest BCUT2D eigenvalue weighted by atomic mass is 32.2. The number of benzene rings is 1. The molecule has 116 valence electrons. The highest BCUT2D eigenvalue weighted by molar-refractivity contribution is 7.99. The second-order valence-corrected chi connectivity index (χ2v) is 6.70. The van der Waals surface area contributed by atoms with E-state index in [9.17, 15) is 0 Å². The zero-order valence-corrected chi connectivity index (χ0v) is 14.0. The zero-order valence-electron chi connectivity index (χ0n) is 13.2. The predicted molar refractivity (Wildman–Crippen MR) is 94.3 cm³/mol. The summed E-state index contributed by atoms with van der Waals surface area (Å²) in [6, 6.07) is 9.30. The predicted octanol–water partition coefficient (Wildman–Crippen LogP) is 2.99. The lowest BCUT2D eigenvalue weighted by molar-refractivity contribution is 0.582. The molecule has 1 aliphatic rings. The van der Waals surface area contributed by atoms with Gasteiger partial charge in [0.25, 0.3) is 0 Å². The van der Waals surface area contributed by atoms with Crippen LogP contribution in [-0.4, -0.2) is 36.6 Å². The van der Waals surface area contributed by atoms with Gasteiger partial charge in [0.15, 0.2) is 5.96 Å². The molecule has 1 aromatic carbocycles. The van der Waals surface area contributed by atoms with Gasteiger partial charge in [-0.25, -0.2) is 0 Å². The van der Waals surface area contributed by atoms with Gasteiger partial charge in [-0.1, -0.05) is 29.8 Å². The van der Waals surface area contributed by atoms with Gasteiger partial charge in [-0.2, -0.15) is 11.8 Å². The first-order valence-electron chi connectivity index (χ1n) is 7.96. The van der Waals surface area contributed by atoms with E-state index >= 15 is 0 Å². The van der Waals surface area contributed by atoms with Crippen molar-refractivity contribution in [1.82, 2.24) is 10.6 Å². The number of aryl methyl sites for hydroxylation is 1. The van der Waals surface area contributed by atoms with Gasteiger partial charge in [0.2, 0.25) is 0 Å². The van der Waals surface area contributed by atoms with Crippen molar-refractivity contribution in [2.75, 3.05) is 24.6 Å². The van der Waals surface area contributed by atoms with Gasteiger partial charge in [0, 0.05) is 24.9 Å². The summed E-state index contributed by atoms with van der Waals surface area (Å²) in [4.78, 5) is 4.71. The van der Waals surface area contributed by atoms with Crippen LogP contribution in [0, 0.1) is 6.92 Å². The highest BCUT2D eigenvalue weighted by Gasteiger charge is 2.14. The molecule has 3 nitrogen and oxygen atoms in total. The van der Waals surface area contributed by atoms with E-state index in [1.54, 1.807) is 0 Å². The fourth-order valence-electron chi connectivity index (χ4n) is 2.42. The Hall–Kier alpha value is -1.16. The fourth-order valence-corrected chi connectivity index (χ4v) is 3.49. The van der Waals surface area contributed by atoms with E-state index in [0.717, 1.165) is 25.5 Å². The summed E-state index contributed by atoms with van der Waals surface area (Å²) in [5.74, 6) is 3.47. The summed E-state index contributed by atoms with van der Waals surface area (Å²) in [7, 11) is 0. The van der Waals surface area contributed by atoms with Crippen molar-refractivity contribution in [3.8, 4) is 0 Å². The molecular formula is C17H27N3S. The monoisotopic (exact) mass is 305 g/mol. The minimum atomic E-state index is 0.570. The summed E-state index contributed by atoms with van der Waals surface area (Å²) in [5.41, 5.74) is 2.67. The zero-order chi connectivity index (χ0) is 14.9. The Labute approximate surface area is 133 Å². The molecule has 1 heterocycles. The van der Waals surface area contributed by atoms with E-state index in [2.05, 4.69) is 48.7 Å². The number of rotatable bonds is 5. The van der Waals surface area contributed by atoms with E-state index in [1.165, 1.54) is 35.5 Å². The van der Waals surface area contributed by atoms with Gasteiger partial charge in [-0.15, -0.1) is 0 Å². The van der Waals surface area contributed by atoms with Crippen molar-refractivity contribution in [1.29, 1.82) is 0 Å². The molecule has 0 radical (unpaired) electrons. The molecule has 1 aliphatic heterocycles. The Morgan fingerprint density at radius 2 is 2.14 bits per heavy atom. The number of guanidine groups is 1. The summed E-state index contributed by atoms with van der Waals surface area (Å²) in [6.07, 6.45) is 3.57. The second-order valence-electron chi connectivity index (χ2n) is 5.55. The average molecular weight is 305 g/mol. The van der Waals surface area contributed by atoms with Crippen LogP contribution >= 0.6 is 11.8 Å². The molecule has 0 spiro atoms. The molecule has 1 fully saturated rings. The second kappa shape index (κ2) is 8.98.